The van der Waals surface area contributed by atoms with E-state index < -0.39 is 6.10 Å². The average Bonchev–Trinajstić information content (AvgIpc) is 3.20. The lowest BCUT2D eigenvalue weighted by atomic mass is 10.0. The fourth-order valence-corrected chi connectivity index (χ4v) is 5.15. The Balaban J connectivity index is 1.37. The maximum atomic E-state index is 13.1. The zero-order chi connectivity index (χ0) is 21.1. The number of likely N-dealkylation sites (tertiary alicyclic amines) is 3. The van der Waals surface area contributed by atoms with Crippen molar-refractivity contribution in [3.63, 3.8) is 0 Å². The second kappa shape index (κ2) is 9.35. The predicted molar refractivity (Wildman–Crippen MR) is 113 cm³/mol. The lowest BCUT2D eigenvalue weighted by Gasteiger charge is -2.40. The molecule has 0 bridgehead atoms. The molecule has 1 N–H and O–H groups in total. The van der Waals surface area contributed by atoms with Gasteiger partial charge in [0.05, 0.1) is 19.3 Å². The summed E-state index contributed by atoms with van der Waals surface area (Å²) in [6.45, 7) is 3.56. The molecule has 164 valence electrons. The summed E-state index contributed by atoms with van der Waals surface area (Å²) in [6.07, 6.45) is 5.08. The van der Waals surface area contributed by atoms with Crippen LogP contribution in [0.3, 0.4) is 0 Å². The lowest BCUT2D eigenvalue weighted by Crippen LogP contribution is -2.53. The Bertz CT molecular complexity index is 757. The summed E-state index contributed by atoms with van der Waals surface area (Å²) in [5.74, 6) is 0.886. The number of amides is 2. The van der Waals surface area contributed by atoms with Crippen LogP contribution in [0.15, 0.2) is 24.3 Å². The topological polar surface area (TPSA) is 73.3 Å². The Morgan fingerprint density at radius 3 is 2.47 bits per heavy atom. The first kappa shape index (κ1) is 21.1. The van der Waals surface area contributed by atoms with Gasteiger partial charge >= 0.3 is 0 Å². The van der Waals surface area contributed by atoms with Crippen LogP contribution < -0.4 is 4.74 Å². The lowest BCUT2D eigenvalue weighted by molar-refractivity contribution is -0.138. The van der Waals surface area contributed by atoms with Gasteiger partial charge in [-0.1, -0.05) is 6.07 Å². The minimum absolute atomic E-state index is 0.0229. The molecule has 30 heavy (non-hydrogen) atoms. The van der Waals surface area contributed by atoms with Gasteiger partial charge in [-0.25, -0.2) is 0 Å². The number of aliphatic hydroxyl groups is 1. The number of benzene rings is 1. The fraction of sp³-hybridized carbons (Fsp3) is 0.652. The van der Waals surface area contributed by atoms with Gasteiger partial charge in [-0.3, -0.25) is 14.5 Å². The highest BCUT2D eigenvalue weighted by Gasteiger charge is 2.42. The number of rotatable bonds is 4. The molecule has 3 aliphatic rings. The normalized spacial score (nSPS) is 26.1. The molecule has 0 saturated carbocycles. The van der Waals surface area contributed by atoms with Gasteiger partial charge in [0.1, 0.15) is 5.75 Å². The molecular weight excluding hydrogens is 382 g/mol. The van der Waals surface area contributed by atoms with Gasteiger partial charge in [0, 0.05) is 44.3 Å². The van der Waals surface area contributed by atoms with Gasteiger partial charge in [-0.15, -0.1) is 0 Å². The third-order valence-corrected chi connectivity index (χ3v) is 6.81. The molecule has 3 fully saturated rings. The second-order valence-electron chi connectivity index (χ2n) is 8.74. The Morgan fingerprint density at radius 1 is 1.03 bits per heavy atom. The van der Waals surface area contributed by atoms with Crippen LogP contribution in [0.25, 0.3) is 0 Å². The van der Waals surface area contributed by atoms with Crippen LogP contribution in [-0.4, -0.2) is 89.6 Å². The van der Waals surface area contributed by atoms with E-state index in [9.17, 15) is 14.7 Å². The van der Waals surface area contributed by atoms with Crippen molar-refractivity contribution in [3.8, 4) is 5.75 Å². The van der Waals surface area contributed by atoms with Gasteiger partial charge in [0.2, 0.25) is 5.91 Å². The quantitative estimate of drug-likeness (QED) is 0.811. The second-order valence-corrected chi connectivity index (χ2v) is 8.74. The summed E-state index contributed by atoms with van der Waals surface area (Å²) in [5, 5.41) is 10.3. The van der Waals surface area contributed by atoms with E-state index in [-0.39, 0.29) is 23.9 Å². The first-order chi connectivity index (χ1) is 14.6. The molecule has 3 heterocycles. The molecule has 0 aliphatic carbocycles. The molecule has 3 saturated heterocycles. The molecule has 1 aromatic rings. The van der Waals surface area contributed by atoms with Gasteiger partial charge in [-0.05, 0) is 56.7 Å². The molecule has 2 atom stereocenters. The number of β-amino-alcohol motifs (C(OH)–C–C–N with tert-alkyl or cyclic N) is 1. The maximum Gasteiger partial charge on any atom is 0.253 e. The minimum atomic E-state index is -0.444. The summed E-state index contributed by atoms with van der Waals surface area (Å²) in [7, 11) is 1.60. The number of nitrogens with zero attached hydrogens (tertiary/aromatic N) is 3. The largest absolute Gasteiger partial charge is 0.497 e. The molecule has 0 aromatic heterocycles. The molecule has 1 aromatic carbocycles. The summed E-state index contributed by atoms with van der Waals surface area (Å²) in [4.78, 5) is 32.1. The predicted octanol–water partition coefficient (Wildman–Crippen LogP) is 1.75. The van der Waals surface area contributed by atoms with Crippen LogP contribution in [0, 0.1) is 0 Å². The third-order valence-electron chi connectivity index (χ3n) is 6.81. The number of carbonyl (C=O) groups excluding carboxylic acids is 2. The Morgan fingerprint density at radius 2 is 1.77 bits per heavy atom. The average molecular weight is 416 g/mol. The number of methoxy groups -OCH3 is 1. The summed E-state index contributed by atoms with van der Waals surface area (Å²) in [6, 6.07) is 7.28. The van der Waals surface area contributed by atoms with E-state index in [4.69, 9.17) is 4.74 Å². The molecule has 0 unspecified atom stereocenters. The Kier molecular flexibility index (Phi) is 6.58. The molecule has 7 nitrogen and oxygen atoms in total. The number of aliphatic hydroxyl groups excluding tert-OH is 1. The molecular formula is C23H33N3O4. The van der Waals surface area contributed by atoms with Gasteiger partial charge in [0.25, 0.3) is 5.91 Å². The van der Waals surface area contributed by atoms with Crippen LogP contribution in [0.2, 0.25) is 0 Å². The first-order valence-corrected chi connectivity index (χ1v) is 11.2. The summed E-state index contributed by atoms with van der Waals surface area (Å²) < 4.78 is 5.23. The van der Waals surface area contributed by atoms with E-state index in [0.29, 0.717) is 37.4 Å². The molecule has 3 aliphatic heterocycles. The Labute approximate surface area is 178 Å². The maximum absolute atomic E-state index is 13.1. The number of hydrogen-bond donors (Lipinski definition) is 1. The molecule has 0 spiro atoms. The van der Waals surface area contributed by atoms with E-state index in [1.807, 2.05) is 28.0 Å². The van der Waals surface area contributed by atoms with Crippen molar-refractivity contribution in [1.29, 1.82) is 0 Å². The highest BCUT2D eigenvalue weighted by molar-refractivity contribution is 5.94. The highest BCUT2D eigenvalue weighted by Crippen LogP contribution is 2.29. The third kappa shape index (κ3) is 4.47. The molecule has 4 rings (SSSR count). The van der Waals surface area contributed by atoms with Gasteiger partial charge < -0.3 is 19.6 Å². The van der Waals surface area contributed by atoms with Crippen molar-refractivity contribution < 1.29 is 19.4 Å². The van der Waals surface area contributed by atoms with Crippen LogP contribution in [0.5, 0.6) is 5.75 Å². The van der Waals surface area contributed by atoms with E-state index in [2.05, 4.69) is 4.90 Å². The van der Waals surface area contributed by atoms with Crippen LogP contribution in [0.4, 0.5) is 0 Å². The zero-order valence-electron chi connectivity index (χ0n) is 17.8. The molecule has 7 heteroatoms. The highest BCUT2D eigenvalue weighted by atomic mass is 16.5. The fourth-order valence-electron chi connectivity index (χ4n) is 5.15. The van der Waals surface area contributed by atoms with Crippen molar-refractivity contribution in [3.05, 3.63) is 29.8 Å². The number of carbonyl (C=O) groups is 2. The van der Waals surface area contributed by atoms with E-state index in [1.54, 1.807) is 13.2 Å². The van der Waals surface area contributed by atoms with Crippen LogP contribution in [-0.2, 0) is 4.79 Å². The molecule has 0 radical (unpaired) electrons. The van der Waals surface area contributed by atoms with E-state index in [0.717, 1.165) is 38.8 Å². The monoisotopic (exact) mass is 415 g/mol. The first-order valence-electron chi connectivity index (χ1n) is 11.2. The van der Waals surface area contributed by atoms with E-state index >= 15 is 0 Å². The number of ether oxygens (including phenoxy) is 1. The van der Waals surface area contributed by atoms with Crippen LogP contribution in [0.1, 0.15) is 48.9 Å². The van der Waals surface area contributed by atoms with Crippen molar-refractivity contribution in [2.75, 3.05) is 39.8 Å². The van der Waals surface area contributed by atoms with Gasteiger partial charge in [0.15, 0.2) is 0 Å². The number of hydrogen-bond acceptors (Lipinski definition) is 5. The standard InChI is InChI=1S/C23H33N3O4/c1-30-20-7-5-6-17(14-20)22(28)25-12-8-18(9-13-25)26-16-19(27)15-21(26)23(29)24-10-3-2-4-11-24/h5-7,14,18-19,21,27H,2-4,8-13,15-16H2,1H3/t19-,21+/m1/s1. The minimum Gasteiger partial charge on any atom is -0.497 e. The zero-order valence-corrected chi connectivity index (χ0v) is 17.8. The van der Waals surface area contributed by atoms with Crippen LogP contribution >= 0.6 is 0 Å². The number of piperidine rings is 2. The molecule has 2 amide bonds. The smallest absolute Gasteiger partial charge is 0.253 e. The van der Waals surface area contributed by atoms with Crippen molar-refractivity contribution in [2.24, 2.45) is 0 Å². The van der Waals surface area contributed by atoms with Gasteiger partial charge in [-0.2, -0.15) is 0 Å². The van der Waals surface area contributed by atoms with E-state index in [1.165, 1.54) is 6.42 Å². The summed E-state index contributed by atoms with van der Waals surface area (Å²) in [5.41, 5.74) is 0.641. The summed E-state index contributed by atoms with van der Waals surface area (Å²) >= 11 is 0. The van der Waals surface area contributed by atoms with Crippen molar-refractivity contribution in [2.45, 2.75) is 56.7 Å². The van der Waals surface area contributed by atoms with Crippen molar-refractivity contribution >= 4 is 11.8 Å². The SMILES string of the molecule is COc1cccc(C(=O)N2CCC(N3C[C@H](O)C[C@H]3C(=O)N3CCCCC3)CC2)c1. The Hall–Kier alpha value is -2.12. The van der Waals surface area contributed by atoms with Crippen molar-refractivity contribution in [1.82, 2.24) is 14.7 Å².